The summed E-state index contributed by atoms with van der Waals surface area (Å²) < 4.78 is 4.96. The number of likely N-dealkylation sites (tertiary alicyclic amines) is 1. The van der Waals surface area contributed by atoms with Crippen LogP contribution in [-0.2, 0) is 19.1 Å². The molecule has 6 nitrogen and oxygen atoms in total. The summed E-state index contributed by atoms with van der Waals surface area (Å²) in [5.74, 6) is -1.09. The van der Waals surface area contributed by atoms with E-state index in [2.05, 4.69) is 31.1 Å². The van der Waals surface area contributed by atoms with Crippen LogP contribution in [0, 0.1) is 0 Å². The predicted molar refractivity (Wildman–Crippen MR) is 103 cm³/mol. The van der Waals surface area contributed by atoms with Gasteiger partial charge in [0.1, 0.15) is 12.4 Å². The Kier molecular flexibility index (Phi) is 15.5. The second-order valence-electron chi connectivity index (χ2n) is 5.18. The summed E-state index contributed by atoms with van der Waals surface area (Å²) in [5.41, 5.74) is 0. The predicted octanol–water partition coefficient (Wildman–Crippen LogP) is 3.74. The van der Waals surface area contributed by atoms with E-state index >= 15 is 0 Å². The third-order valence-corrected chi connectivity index (χ3v) is 3.28. The maximum absolute atomic E-state index is 11.4. The summed E-state index contributed by atoms with van der Waals surface area (Å²) >= 11 is 0. The molecule has 0 aromatic rings. The van der Waals surface area contributed by atoms with E-state index in [1.54, 1.807) is 18.4 Å². The third kappa shape index (κ3) is 11.8. The zero-order valence-corrected chi connectivity index (χ0v) is 15.6. The van der Waals surface area contributed by atoms with Crippen LogP contribution in [0.25, 0.3) is 0 Å². The van der Waals surface area contributed by atoms with E-state index in [0.29, 0.717) is 13.0 Å². The van der Waals surface area contributed by atoms with E-state index in [9.17, 15) is 14.4 Å². The molecule has 0 bridgehead atoms. The summed E-state index contributed by atoms with van der Waals surface area (Å²) in [6.45, 7) is 16.9. The van der Waals surface area contributed by atoms with E-state index in [4.69, 9.17) is 5.11 Å². The highest BCUT2D eigenvalue weighted by Crippen LogP contribution is 2.22. The Morgan fingerprint density at radius 2 is 1.85 bits per heavy atom. The van der Waals surface area contributed by atoms with Crippen LogP contribution < -0.4 is 0 Å². The minimum atomic E-state index is -0.981. The number of carbonyl (C=O) groups is 3. The fourth-order valence-corrected chi connectivity index (χ4v) is 1.83. The number of allylic oxidation sites excluding steroid dienone is 2. The number of aliphatic carboxylic acids is 1. The van der Waals surface area contributed by atoms with Crippen molar-refractivity contribution < 1.29 is 28.7 Å². The Labute approximate surface area is 156 Å². The molecular weight excluding hydrogens is 334 g/mol. The number of hydrogen-bond acceptors (Lipinski definition) is 4. The lowest BCUT2D eigenvalue weighted by molar-refractivity contribution is -0.738. The average molecular weight is 364 g/mol. The molecule has 1 saturated heterocycles. The molecule has 1 rings (SSSR count). The van der Waals surface area contributed by atoms with Gasteiger partial charge in [-0.2, -0.15) is 0 Å². The highest BCUT2D eigenvalue weighted by Gasteiger charge is 2.36. The Bertz CT molecular complexity index is 536. The first-order chi connectivity index (χ1) is 12.3. The largest absolute Gasteiger partial charge is 0.478 e. The van der Waals surface area contributed by atoms with Gasteiger partial charge in [-0.15, -0.1) is 0 Å². The number of rotatable bonds is 8. The van der Waals surface area contributed by atoms with Gasteiger partial charge < -0.3 is 9.84 Å². The van der Waals surface area contributed by atoms with Crippen LogP contribution in [0.3, 0.4) is 0 Å². The number of carbonyl (C=O) groups excluding carboxylic acids is 2. The van der Waals surface area contributed by atoms with E-state index in [0.717, 1.165) is 31.9 Å². The molecule has 1 atom stereocenters. The lowest BCUT2D eigenvalue weighted by atomic mass is 10.4. The van der Waals surface area contributed by atoms with Crippen molar-refractivity contribution in [3.8, 4) is 0 Å². The van der Waals surface area contributed by atoms with Crippen LogP contribution in [0.5, 0.6) is 0 Å². The molecule has 0 aromatic carbocycles. The first kappa shape index (κ1) is 25.5. The molecule has 1 N–H and O–H groups in total. The standard InChI is InChI=1S/C10H14NO.C7H12O2.C3H4O2/c1-3-5-8-11(4-2)9-6-7-10(11)12;1-3-5-6-9-7(8)4-2;1-2-3(4)5/h3-5,8H,1-2,6-7,9H2;4H,2-3,5-6H2,1H3;2H,1H2,(H,4,5)/q+1;;. The second-order valence-corrected chi connectivity index (χ2v) is 5.18. The van der Waals surface area contributed by atoms with E-state index in [1.807, 2.05) is 13.1 Å². The lowest BCUT2D eigenvalue weighted by Crippen LogP contribution is -2.37. The maximum Gasteiger partial charge on any atom is 0.330 e. The number of esters is 1. The van der Waals surface area contributed by atoms with E-state index < -0.39 is 5.97 Å². The molecule has 144 valence electrons. The van der Waals surface area contributed by atoms with Crippen LogP contribution in [0.4, 0.5) is 0 Å². The fourth-order valence-electron chi connectivity index (χ4n) is 1.83. The summed E-state index contributed by atoms with van der Waals surface area (Å²) in [6.07, 6.45) is 12.6. The minimum absolute atomic E-state index is 0.225. The van der Waals surface area contributed by atoms with Crippen molar-refractivity contribution in [2.75, 3.05) is 13.2 Å². The number of quaternary nitrogens is 1. The van der Waals surface area contributed by atoms with Gasteiger partial charge in [0.15, 0.2) is 0 Å². The van der Waals surface area contributed by atoms with Crippen LogP contribution in [0.2, 0.25) is 0 Å². The molecular formula is C20H30NO5+. The molecule has 1 aliphatic heterocycles. The minimum Gasteiger partial charge on any atom is -0.478 e. The second kappa shape index (κ2) is 15.8. The van der Waals surface area contributed by atoms with Gasteiger partial charge in [0.05, 0.1) is 19.6 Å². The lowest BCUT2D eigenvalue weighted by Gasteiger charge is -2.20. The smallest absolute Gasteiger partial charge is 0.330 e. The Balaban J connectivity index is 0. The fraction of sp³-hybridized carbons (Fsp3) is 0.350. The Morgan fingerprint density at radius 3 is 2.19 bits per heavy atom. The number of carboxylic acid groups (broad SMARTS) is 1. The van der Waals surface area contributed by atoms with Gasteiger partial charge in [0.2, 0.25) is 0 Å². The molecule has 0 spiro atoms. The molecule has 0 aliphatic carbocycles. The highest BCUT2D eigenvalue weighted by molar-refractivity contribution is 5.81. The first-order valence-electron chi connectivity index (χ1n) is 8.32. The van der Waals surface area contributed by atoms with Crippen molar-refractivity contribution in [2.45, 2.75) is 32.6 Å². The van der Waals surface area contributed by atoms with Crippen LogP contribution in [0.1, 0.15) is 32.6 Å². The van der Waals surface area contributed by atoms with Crippen molar-refractivity contribution in [3.05, 3.63) is 63.0 Å². The zero-order valence-electron chi connectivity index (χ0n) is 15.6. The molecule has 6 heteroatoms. The van der Waals surface area contributed by atoms with Crippen LogP contribution >= 0.6 is 0 Å². The topological polar surface area (TPSA) is 80.7 Å². The first-order valence-corrected chi connectivity index (χ1v) is 8.32. The molecule has 1 fully saturated rings. The number of nitrogens with zero attached hydrogens (tertiary/aromatic N) is 1. The molecule has 1 unspecified atom stereocenters. The SMILES string of the molecule is C=CC(=O)O.C=CC(=O)OCCCC.C=CC=C[N+]1(C=C)CCCC1=O. The molecule has 0 aromatic heterocycles. The van der Waals surface area contributed by atoms with Gasteiger partial charge in [-0.05, 0) is 19.1 Å². The molecule has 1 aliphatic rings. The monoisotopic (exact) mass is 364 g/mol. The number of ether oxygens (including phenoxy) is 1. The number of amides is 1. The molecule has 1 heterocycles. The molecule has 26 heavy (non-hydrogen) atoms. The Hall–Kier alpha value is -2.73. The normalized spacial score (nSPS) is 17.8. The molecule has 0 radical (unpaired) electrons. The Morgan fingerprint density at radius 1 is 1.23 bits per heavy atom. The van der Waals surface area contributed by atoms with Gasteiger partial charge in [-0.3, -0.25) is 0 Å². The quantitative estimate of drug-likeness (QED) is 0.233. The van der Waals surface area contributed by atoms with Gasteiger partial charge in [-0.25, -0.2) is 18.9 Å². The summed E-state index contributed by atoms with van der Waals surface area (Å²) in [5, 5.41) is 7.60. The van der Waals surface area contributed by atoms with Gasteiger partial charge in [0.25, 0.3) is 0 Å². The summed E-state index contributed by atoms with van der Waals surface area (Å²) in [6, 6.07) is 0. The highest BCUT2D eigenvalue weighted by atomic mass is 16.5. The van der Waals surface area contributed by atoms with Crippen molar-refractivity contribution in [3.63, 3.8) is 0 Å². The van der Waals surface area contributed by atoms with E-state index in [-0.39, 0.29) is 16.4 Å². The van der Waals surface area contributed by atoms with Crippen molar-refractivity contribution in [2.24, 2.45) is 0 Å². The molecule has 1 amide bonds. The number of hydrogen-bond donors (Lipinski definition) is 1. The van der Waals surface area contributed by atoms with Gasteiger partial charge in [0, 0.05) is 18.6 Å². The van der Waals surface area contributed by atoms with Crippen LogP contribution in [0.15, 0.2) is 63.0 Å². The van der Waals surface area contributed by atoms with E-state index in [1.165, 1.54) is 6.08 Å². The summed E-state index contributed by atoms with van der Waals surface area (Å²) in [7, 11) is 0. The average Bonchev–Trinajstić information content (AvgIpc) is 3.02. The third-order valence-electron chi connectivity index (χ3n) is 3.28. The van der Waals surface area contributed by atoms with Crippen LogP contribution in [-0.4, -0.2) is 40.6 Å². The zero-order chi connectivity index (χ0) is 20.4. The summed E-state index contributed by atoms with van der Waals surface area (Å²) in [4.78, 5) is 31.0. The van der Waals surface area contributed by atoms with Gasteiger partial charge >= 0.3 is 17.8 Å². The van der Waals surface area contributed by atoms with Crippen molar-refractivity contribution >= 4 is 17.8 Å². The molecule has 0 saturated carbocycles. The number of carboxylic acids is 1. The van der Waals surface area contributed by atoms with Crippen molar-refractivity contribution in [1.82, 2.24) is 0 Å². The van der Waals surface area contributed by atoms with Crippen molar-refractivity contribution in [1.29, 1.82) is 0 Å². The number of unbranched alkanes of at least 4 members (excludes halogenated alkanes) is 1. The van der Waals surface area contributed by atoms with Gasteiger partial charge in [-0.1, -0.05) is 39.2 Å². The maximum atomic E-state index is 11.4.